The minimum atomic E-state index is -0.610. The van der Waals surface area contributed by atoms with E-state index in [4.69, 9.17) is 0 Å². The van der Waals surface area contributed by atoms with Crippen molar-refractivity contribution in [1.29, 1.82) is 0 Å². The van der Waals surface area contributed by atoms with Gasteiger partial charge in [-0.05, 0) is 86.2 Å². The summed E-state index contributed by atoms with van der Waals surface area (Å²) in [5, 5.41) is 9.63. The van der Waals surface area contributed by atoms with Crippen molar-refractivity contribution in [3.8, 4) is 33.4 Å². The van der Waals surface area contributed by atoms with Crippen LogP contribution in [0.3, 0.4) is 0 Å². The van der Waals surface area contributed by atoms with Gasteiger partial charge in [-0.1, -0.05) is 133 Å². The lowest BCUT2D eigenvalue weighted by molar-refractivity contribution is 1.68. The first kappa shape index (κ1) is 24.1. The monoisotopic (exact) mass is 568 g/mol. The standard InChI is InChI=1S/C40H25PS/c1-3-10-28(11-4-1)41(29-12-5-2-6-13-29)30-21-18-26(19-22-30)27-20-23-37-36(24-27)40-34-17-9-16-33-31-14-7-8-15-32(31)35(39(33)34)25-38(40)42-37/h1-25H. The fourth-order valence-electron chi connectivity index (χ4n) is 6.72. The second-order valence-corrected chi connectivity index (χ2v) is 14.2. The number of hydrogen-bond acceptors (Lipinski definition) is 1. The van der Waals surface area contributed by atoms with E-state index in [2.05, 4.69) is 152 Å². The number of benzene rings is 7. The van der Waals surface area contributed by atoms with Crippen LogP contribution in [-0.4, -0.2) is 0 Å². The van der Waals surface area contributed by atoms with Crippen molar-refractivity contribution >= 4 is 66.1 Å². The molecule has 0 spiro atoms. The molecule has 0 atom stereocenters. The molecule has 1 aliphatic rings. The zero-order valence-electron chi connectivity index (χ0n) is 22.8. The first-order chi connectivity index (χ1) is 20.8. The third-order valence-electron chi connectivity index (χ3n) is 8.59. The highest BCUT2D eigenvalue weighted by Crippen LogP contribution is 2.51. The number of rotatable bonds is 4. The molecule has 0 N–H and O–H groups in total. The zero-order chi connectivity index (χ0) is 27.6. The predicted molar refractivity (Wildman–Crippen MR) is 185 cm³/mol. The maximum absolute atomic E-state index is 2.43. The van der Waals surface area contributed by atoms with Crippen molar-refractivity contribution in [3.63, 3.8) is 0 Å². The third kappa shape index (κ3) is 3.64. The predicted octanol–water partition coefficient (Wildman–Crippen LogP) is 10.3. The molecule has 8 aromatic rings. The first-order valence-corrected chi connectivity index (χ1v) is 16.5. The molecule has 0 radical (unpaired) electrons. The summed E-state index contributed by atoms with van der Waals surface area (Å²) in [6.45, 7) is 0. The van der Waals surface area contributed by atoms with Gasteiger partial charge in [-0.2, -0.15) is 0 Å². The van der Waals surface area contributed by atoms with Gasteiger partial charge in [0.05, 0.1) is 0 Å². The molecule has 196 valence electrons. The average Bonchev–Trinajstić information content (AvgIpc) is 3.59. The normalized spacial score (nSPS) is 12.0. The van der Waals surface area contributed by atoms with Crippen LogP contribution in [0, 0.1) is 0 Å². The molecule has 0 aliphatic heterocycles. The Labute approximate surface area is 250 Å². The summed E-state index contributed by atoms with van der Waals surface area (Å²) >= 11 is 1.91. The molecule has 1 heterocycles. The minimum absolute atomic E-state index is 0.610. The van der Waals surface area contributed by atoms with E-state index in [1.54, 1.807) is 0 Å². The van der Waals surface area contributed by atoms with E-state index in [1.165, 1.54) is 80.2 Å². The Balaban J connectivity index is 1.18. The lowest BCUT2D eigenvalue weighted by atomic mass is 9.97. The van der Waals surface area contributed by atoms with E-state index in [9.17, 15) is 0 Å². The van der Waals surface area contributed by atoms with Gasteiger partial charge in [-0.15, -0.1) is 11.3 Å². The molecule has 0 saturated carbocycles. The fraction of sp³-hybridized carbons (Fsp3) is 0. The molecule has 1 aliphatic carbocycles. The van der Waals surface area contributed by atoms with Gasteiger partial charge in [0.15, 0.2) is 0 Å². The Morgan fingerprint density at radius 3 is 1.67 bits per heavy atom. The molecule has 2 heteroatoms. The van der Waals surface area contributed by atoms with Crippen molar-refractivity contribution in [2.45, 2.75) is 0 Å². The summed E-state index contributed by atoms with van der Waals surface area (Å²) in [6, 6.07) is 56.3. The molecular formula is C40H25PS. The summed E-state index contributed by atoms with van der Waals surface area (Å²) in [7, 11) is -0.610. The minimum Gasteiger partial charge on any atom is -0.135 e. The quantitative estimate of drug-likeness (QED) is 0.185. The van der Waals surface area contributed by atoms with E-state index >= 15 is 0 Å². The molecule has 0 amide bonds. The average molecular weight is 569 g/mol. The molecular weight excluding hydrogens is 543 g/mol. The third-order valence-corrected chi connectivity index (χ3v) is 12.2. The summed E-state index contributed by atoms with van der Waals surface area (Å²) < 4.78 is 2.71. The van der Waals surface area contributed by atoms with Gasteiger partial charge in [0, 0.05) is 20.2 Å². The molecule has 0 unspecified atom stereocenters. The second-order valence-electron chi connectivity index (χ2n) is 10.9. The van der Waals surface area contributed by atoms with Crippen LogP contribution >= 0.6 is 19.3 Å². The van der Waals surface area contributed by atoms with E-state index < -0.39 is 7.92 Å². The Morgan fingerprint density at radius 2 is 0.952 bits per heavy atom. The maximum atomic E-state index is 2.43. The van der Waals surface area contributed by atoms with Crippen molar-refractivity contribution < 1.29 is 0 Å². The molecule has 7 aromatic carbocycles. The van der Waals surface area contributed by atoms with E-state index in [-0.39, 0.29) is 0 Å². The van der Waals surface area contributed by atoms with Crippen LogP contribution in [0.4, 0.5) is 0 Å². The number of thiophene rings is 1. The Bertz CT molecular complexity index is 2240. The summed E-state index contributed by atoms with van der Waals surface area (Å²) in [4.78, 5) is 0. The van der Waals surface area contributed by atoms with Gasteiger partial charge in [0.2, 0.25) is 0 Å². The number of fused-ring (bicyclic) bond motifs is 7. The van der Waals surface area contributed by atoms with Crippen molar-refractivity contribution in [3.05, 3.63) is 152 Å². The Kier molecular flexibility index (Phi) is 5.45. The maximum Gasteiger partial charge on any atom is 0.0368 e. The van der Waals surface area contributed by atoms with Crippen LogP contribution in [0.5, 0.6) is 0 Å². The van der Waals surface area contributed by atoms with Gasteiger partial charge in [-0.3, -0.25) is 0 Å². The van der Waals surface area contributed by atoms with Crippen LogP contribution < -0.4 is 15.9 Å². The van der Waals surface area contributed by atoms with Gasteiger partial charge in [0.25, 0.3) is 0 Å². The second kappa shape index (κ2) is 9.50. The molecule has 9 rings (SSSR count). The Morgan fingerprint density at radius 1 is 0.357 bits per heavy atom. The van der Waals surface area contributed by atoms with Crippen LogP contribution in [0.25, 0.3) is 64.3 Å². The van der Waals surface area contributed by atoms with Gasteiger partial charge in [0.1, 0.15) is 0 Å². The topological polar surface area (TPSA) is 0 Å². The highest BCUT2D eigenvalue weighted by Gasteiger charge is 2.24. The molecule has 0 saturated heterocycles. The molecule has 42 heavy (non-hydrogen) atoms. The van der Waals surface area contributed by atoms with Crippen molar-refractivity contribution in [1.82, 2.24) is 0 Å². The van der Waals surface area contributed by atoms with Gasteiger partial charge >= 0.3 is 0 Å². The largest absolute Gasteiger partial charge is 0.135 e. The smallest absolute Gasteiger partial charge is 0.0368 e. The van der Waals surface area contributed by atoms with E-state index in [0.717, 1.165) is 0 Å². The summed E-state index contributed by atoms with van der Waals surface area (Å²) in [6.07, 6.45) is 0. The van der Waals surface area contributed by atoms with Gasteiger partial charge in [-0.25, -0.2) is 0 Å². The Hall–Kier alpha value is -4.55. The lowest BCUT2D eigenvalue weighted by Crippen LogP contribution is -2.20. The summed E-state index contributed by atoms with van der Waals surface area (Å²) in [5.74, 6) is 0. The highest BCUT2D eigenvalue weighted by molar-refractivity contribution is 7.79. The summed E-state index contributed by atoms with van der Waals surface area (Å²) in [5.41, 5.74) is 7.97. The zero-order valence-corrected chi connectivity index (χ0v) is 24.5. The fourth-order valence-corrected chi connectivity index (χ4v) is 10.1. The molecule has 0 fully saturated rings. The van der Waals surface area contributed by atoms with Gasteiger partial charge < -0.3 is 0 Å². The van der Waals surface area contributed by atoms with Crippen LogP contribution in [-0.2, 0) is 0 Å². The van der Waals surface area contributed by atoms with Crippen LogP contribution in [0.15, 0.2) is 152 Å². The van der Waals surface area contributed by atoms with Crippen LogP contribution in [0.2, 0.25) is 0 Å². The molecule has 0 nitrogen and oxygen atoms in total. The molecule has 1 aromatic heterocycles. The van der Waals surface area contributed by atoms with E-state index in [1.807, 2.05) is 11.3 Å². The van der Waals surface area contributed by atoms with Crippen LogP contribution in [0.1, 0.15) is 0 Å². The van der Waals surface area contributed by atoms with E-state index in [0.29, 0.717) is 0 Å². The van der Waals surface area contributed by atoms with Crippen molar-refractivity contribution in [2.24, 2.45) is 0 Å². The first-order valence-electron chi connectivity index (χ1n) is 14.4. The number of hydrogen-bond donors (Lipinski definition) is 0. The lowest BCUT2D eigenvalue weighted by Gasteiger charge is -2.19. The SMILES string of the molecule is c1ccc(P(c2ccccc2)c2ccc(-c3ccc4sc5cc6c7c(cccc7c5c4c3)-c3ccccc3-6)cc2)cc1. The molecule has 0 bridgehead atoms. The van der Waals surface area contributed by atoms with Crippen molar-refractivity contribution in [2.75, 3.05) is 0 Å². The highest BCUT2D eigenvalue weighted by atomic mass is 32.1.